The SMILES string of the molecule is CC(C)(C)C1=C([Si](c2ccccc2)(c2ccccc2)c2ccccc2)CC=[C-]1.[Cl-].[Cl-].[Cl-].[Ti+4]. The summed E-state index contributed by atoms with van der Waals surface area (Å²) >= 11 is 0. The second-order valence-corrected chi connectivity index (χ2v) is 12.3. The van der Waals surface area contributed by atoms with Gasteiger partial charge in [-0.2, -0.15) is 6.08 Å². The van der Waals surface area contributed by atoms with E-state index in [-0.39, 0.29) is 64.4 Å². The first-order chi connectivity index (χ1) is 13.5. The fraction of sp³-hybridized carbons (Fsp3) is 0.185. The third kappa shape index (κ3) is 5.70. The number of allylic oxidation sites excluding steroid dienone is 4. The molecule has 0 aliphatic heterocycles. The predicted octanol–water partition coefficient (Wildman–Crippen LogP) is -4.19. The van der Waals surface area contributed by atoms with Crippen molar-refractivity contribution in [2.45, 2.75) is 27.2 Å². The molecule has 1 aliphatic carbocycles. The van der Waals surface area contributed by atoms with Crippen LogP contribution in [0.3, 0.4) is 0 Å². The maximum absolute atomic E-state index is 3.65. The number of benzene rings is 3. The summed E-state index contributed by atoms with van der Waals surface area (Å²) < 4.78 is 0. The zero-order valence-corrected chi connectivity index (χ0v) is 23.4. The van der Waals surface area contributed by atoms with Crippen LogP contribution in [0.2, 0.25) is 0 Å². The van der Waals surface area contributed by atoms with E-state index in [0.717, 1.165) is 6.42 Å². The van der Waals surface area contributed by atoms with Crippen molar-refractivity contribution in [3.8, 4) is 0 Å². The maximum Gasteiger partial charge on any atom is 4.00 e. The van der Waals surface area contributed by atoms with Crippen LogP contribution in [0.25, 0.3) is 0 Å². The van der Waals surface area contributed by atoms with Crippen molar-refractivity contribution < 1.29 is 58.9 Å². The molecule has 0 saturated carbocycles. The first-order valence-corrected chi connectivity index (χ1v) is 12.0. The van der Waals surface area contributed by atoms with Crippen molar-refractivity contribution in [1.82, 2.24) is 0 Å². The monoisotopic (exact) mass is 532 g/mol. The average molecular weight is 534 g/mol. The molecule has 0 fully saturated rings. The molecule has 3 aromatic rings. The van der Waals surface area contributed by atoms with Crippen LogP contribution in [0.15, 0.2) is 108 Å². The van der Waals surface area contributed by atoms with Crippen LogP contribution in [-0.4, -0.2) is 8.07 Å². The summed E-state index contributed by atoms with van der Waals surface area (Å²) in [5.74, 6) is 0. The van der Waals surface area contributed by atoms with E-state index in [1.807, 2.05) is 0 Å². The Labute approximate surface area is 227 Å². The van der Waals surface area contributed by atoms with Crippen molar-refractivity contribution >= 4 is 23.6 Å². The van der Waals surface area contributed by atoms with Crippen LogP contribution in [0.4, 0.5) is 0 Å². The van der Waals surface area contributed by atoms with Crippen LogP contribution in [0, 0.1) is 11.5 Å². The summed E-state index contributed by atoms with van der Waals surface area (Å²) in [6, 6.07) is 33.5. The molecule has 0 nitrogen and oxygen atoms in total. The van der Waals surface area contributed by atoms with E-state index >= 15 is 0 Å². The minimum atomic E-state index is -2.38. The van der Waals surface area contributed by atoms with Gasteiger partial charge in [-0.3, -0.25) is 6.08 Å². The largest absolute Gasteiger partial charge is 4.00 e. The van der Waals surface area contributed by atoms with Crippen LogP contribution in [-0.2, 0) is 21.7 Å². The molecule has 0 N–H and O–H groups in total. The Hall–Kier alpha value is -1.06. The molecule has 0 unspecified atom stereocenters. The zero-order chi connectivity index (χ0) is 19.6. The predicted molar refractivity (Wildman–Crippen MR) is 123 cm³/mol. The summed E-state index contributed by atoms with van der Waals surface area (Å²) in [4.78, 5) is 0. The Bertz CT molecular complexity index is 914. The van der Waals surface area contributed by atoms with Gasteiger partial charge in [-0.15, -0.1) is 0 Å². The van der Waals surface area contributed by atoms with Gasteiger partial charge in [0.25, 0.3) is 0 Å². The summed E-state index contributed by atoms with van der Waals surface area (Å²) in [7, 11) is -2.38. The summed E-state index contributed by atoms with van der Waals surface area (Å²) in [6.07, 6.45) is 6.88. The summed E-state index contributed by atoms with van der Waals surface area (Å²) in [6.45, 7) is 6.94. The van der Waals surface area contributed by atoms with E-state index in [2.05, 4.69) is 124 Å². The molecule has 164 valence electrons. The molecule has 0 bridgehead atoms. The van der Waals surface area contributed by atoms with Crippen LogP contribution in [0.1, 0.15) is 27.2 Å². The summed E-state index contributed by atoms with van der Waals surface area (Å²) in [5, 5.41) is 5.91. The minimum absolute atomic E-state index is 0. The van der Waals surface area contributed by atoms with E-state index in [1.54, 1.807) is 5.20 Å². The second-order valence-electron chi connectivity index (χ2n) is 8.50. The number of halogens is 3. The second kappa shape index (κ2) is 13.0. The van der Waals surface area contributed by atoms with Gasteiger partial charge >= 0.3 is 21.7 Å². The molecule has 3 aromatic carbocycles. The standard InChI is InChI=1S/C27H27Si.3ClH.Ti/c1-27(2,3)25-20-13-21-26(25)28(22-14-7-4-8-15-22,23-16-9-5-10-17-23)24-18-11-6-12-19-24;;;;/h4-19H,21H2,1-3H3;3*1H;/q-1;;;;+4/p-3. The van der Waals surface area contributed by atoms with Crippen LogP contribution >= 0.6 is 0 Å². The molecule has 4 rings (SSSR count). The number of hydrogen-bond donors (Lipinski definition) is 0. The maximum atomic E-state index is 3.65. The Morgan fingerprint density at radius 3 is 1.28 bits per heavy atom. The van der Waals surface area contributed by atoms with Gasteiger partial charge in [0.2, 0.25) is 0 Å². The van der Waals surface area contributed by atoms with E-state index in [4.69, 9.17) is 0 Å². The van der Waals surface area contributed by atoms with Gasteiger partial charge in [-0.05, 0) is 5.41 Å². The fourth-order valence-electron chi connectivity index (χ4n) is 4.54. The molecule has 32 heavy (non-hydrogen) atoms. The third-order valence-electron chi connectivity index (χ3n) is 5.68. The molecule has 0 saturated heterocycles. The van der Waals surface area contributed by atoms with Crippen molar-refractivity contribution in [3.63, 3.8) is 0 Å². The van der Waals surface area contributed by atoms with Gasteiger partial charge in [-0.1, -0.05) is 134 Å². The normalized spacial score (nSPS) is 12.7. The number of hydrogen-bond acceptors (Lipinski definition) is 0. The molecule has 0 heterocycles. The van der Waals surface area contributed by atoms with E-state index in [9.17, 15) is 0 Å². The van der Waals surface area contributed by atoms with Crippen molar-refractivity contribution in [3.05, 3.63) is 114 Å². The van der Waals surface area contributed by atoms with Crippen LogP contribution in [0.5, 0.6) is 0 Å². The topological polar surface area (TPSA) is 0 Å². The minimum Gasteiger partial charge on any atom is -1.00 e. The summed E-state index contributed by atoms with van der Waals surface area (Å²) in [5.41, 5.74) is 1.45. The molecule has 5 heteroatoms. The fourth-order valence-corrected chi connectivity index (χ4v) is 9.89. The van der Waals surface area contributed by atoms with E-state index in [0.29, 0.717) is 0 Å². The Kier molecular flexibility index (Phi) is 12.6. The first kappa shape index (κ1) is 30.9. The average Bonchev–Trinajstić information content (AvgIpc) is 3.22. The smallest absolute Gasteiger partial charge is 1.00 e. The molecular formula is C27H27Cl3SiTi. The molecule has 0 radical (unpaired) electrons. The van der Waals surface area contributed by atoms with Crippen LogP contribution < -0.4 is 52.8 Å². The Balaban J connectivity index is 0.00000240. The van der Waals surface area contributed by atoms with Gasteiger partial charge in [0, 0.05) is 0 Å². The molecule has 0 amide bonds. The Morgan fingerprint density at radius 2 is 0.969 bits per heavy atom. The van der Waals surface area contributed by atoms with Gasteiger partial charge in [0.15, 0.2) is 0 Å². The van der Waals surface area contributed by atoms with Gasteiger partial charge in [0.05, 0.1) is 8.07 Å². The van der Waals surface area contributed by atoms with Crippen molar-refractivity contribution in [2.24, 2.45) is 5.41 Å². The Morgan fingerprint density at radius 1 is 0.625 bits per heavy atom. The van der Waals surface area contributed by atoms with Gasteiger partial charge < -0.3 is 37.2 Å². The zero-order valence-electron chi connectivity index (χ0n) is 18.6. The third-order valence-corrected chi connectivity index (χ3v) is 10.6. The molecule has 0 spiro atoms. The molecule has 0 aromatic heterocycles. The first-order valence-electron chi connectivity index (χ1n) is 10.0. The van der Waals surface area contributed by atoms with Crippen molar-refractivity contribution in [2.75, 3.05) is 0 Å². The molecular weight excluding hydrogens is 507 g/mol. The quantitative estimate of drug-likeness (QED) is 0.181. The van der Waals surface area contributed by atoms with Crippen molar-refractivity contribution in [1.29, 1.82) is 0 Å². The van der Waals surface area contributed by atoms with Gasteiger partial charge in [0.1, 0.15) is 0 Å². The molecule has 1 aliphatic rings. The molecule has 0 atom stereocenters. The van der Waals surface area contributed by atoms with Gasteiger partial charge in [-0.25, -0.2) is 10.8 Å². The van der Waals surface area contributed by atoms with E-state index in [1.165, 1.54) is 21.1 Å². The van der Waals surface area contributed by atoms with E-state index < -0.39 is 8.07 Å². The number of rotatable bonds is 4.